The lowest BCUT2D eigenvalue weighted by atomic mass is 10.2. The first kappa shape index (κ1) is 18.5. The summed E-state index contributed by atoms with van der Waals surface area (Å²) in [4.78, 5) is 26.8. The molecule has 3 amide bonds. The molecule has 3 rings (SSSR count). The summed E-state index contributed by atoms with van der Waals surface area (Å²) in [5, 5.41) is 6.51. The third-order valence-electron chi connectivity index (χ3n) is 4.25. The normalized spacial score (nSPS) is 16.4. The molecular weight excluding hydrogens is 373 g/mol. The summed E-state index contributed by atoms with van der Waals surface area (Å²) >= 11 is 11.9. The molecule has 0 spiro atoms. The van der Waals surface area contributed by atoms with E-state index in [4.69, 9.17) is 23.2 Å². The highest BCUT2D eigenvalue weighted by Gasteiger charge is 2.34. The molecule has 1 aliphatic heterocycles. The van der Waals surface area contributed by atoms with Crippen LogP contribution < -0.4 is 10.6 Å². The second-order valence-corrected chi connectivity index (χ2v) is 7.17. The van der Waals surface area contributed by atoms with Crippen molar-refractivity contribution < 1.29 is 9.59 Å². The number of carbonyl (C=O) groups excluding carboxylic acids is 2. The topological polar surface area (TPSA) is 61.4 Å². The van der Waals surface area contributed by atoms with Gasteiger partial charge in [0, 0.05) is 28.0 Å². The molecule has 0 bridgehead atoms. The molecule has 136 valence electrons. The van der Waals surface area contributed by atoms with Gasteiger partial charge >= 0.3 is 6.03 Å². The van der Waals surface area contributed by atoms with Crippen LogP contribution in [0, 0.1) is 6.92 Å². The molecule has 1 aliphatic rings. The fraction of sp³-hybridized carbons (Fsp3) is 0.263. The van der Waals surface area contributed by atoms with Gasteiger partial charge in [0.1, 0.15) is 6.04 Å². The Morgan fingerprint density at radius 1 is 1.00 bits per heavy atom. The van der Waals surface area contributed by atoms with E-state index >= 15 is 0 Å². The number of urea groups is 1. The zero-order chi connectivity index (χ0) is 18.7. The number of halogens is 2. The Kier molecular flexibility index (Phi) is 5.69. The van der Waals surface area contributed by atoms with Crippen molar-refractivity contribution in [2.24, 2.45) is 0 Å². The lowest BCUT2D eigenvalue weighted by molar-refractivity contribution is -0.119. The molecule has 1 fully saturated rings. The van der Waals surface area contributed by atoms with Gasteiger partial charge in [-0.25, -0.2) is 4.79 Å². The molecule has 2 N–H and O–H groups in total. The van der Waals surface area contributed by atoms with Gasteiger partial charge in [-0.3, -0.25) is 4.79 Å². The van der Waals surface area contributed by atoms with Crippen LogP contribution in [0.5, 0.6) is 0 Å². The van der Waals surface area contributed by atoms with E-state index < -0.39 is 6.04 Å². The molecule has 0 unspecified atom stereocenters. The van der Waals surface area contributed by atoms with Crippen molar-refractivity contribution >= 4 is 46.5 Å². The van der Waals surface area contributed by atoms with E-state index in [1.54, 1.807) is 23.1 Å². The van der Waals surface area contributed by atoms with E-state index in [1.165, 1.54) is 0 Å². The van der Waals surface area contributed by atoms with Crippen LogP contribution >= 0.6 is 23.2 Å². The first-order valence-electron chi connectivity index (χ1n) is 8.33. The zero-order valence-electron chi connectivity index (χ0n) is 14.3. The number of aryl methyl sites for hydroxylation is 1. The van der Waals surface area contributed by atoms with E-state index in [0.717, 1.165) is 12.0 Å². The predicted octanol–water partition coefficient (Wildman–Crippen LogP) is 4.94. The molecule has 0 aromatic heterocycles. The standard InChI is InChI=1S/C19H19Cl2N3O2/c1-12-4-6-15(7-5-12)23-19(26)24-8-2-3-17(24)18(25)22-16-10-13(20)9-14(21)11-16/h4-7,9-11,17H,2-3,8H2,1H3,(H,22,25)(H,23,26)/t17-/m0/s1. The Morgan fingerprint density at radius 3 is 2.31 bits per heavy atom. The van der Waals surface area contributed by atoms with Crippen molar-refractivity contribution in [3.05, 3.63) is 58.1 Å². The first-order valence-corrected chi connectivity index (χ1v) is 9.09. The van der Waals surface area contributed by atoms with Gasteiger partial charge in [0.25, 0.3) is 0 Å². The number of hydrogen-bond donors (Lipinski definition) is 2. The van der Waals surface area contributed by atoms with E-state index in [-0.39, 0.29) is 11.9 Å². The summed E-state index contributed by atoms with van der Waals surface area (Å²) in [6.45, 7) is 2.51. The van der Waals surface area contributed by atoms with Crippen LogP contribution in [0.1, 0.15) is 18.4 Å². The maximum absolute atomic E-state index is 12.6. The second-order valence-electron chi connectivity index (χ2n) is 6.29. The summed E-state index contributed by atoms with van der Waals surface area (Å²) in [7, 11) is 0. The Labute approximate surface area is 162 Å². The Morgan fingerprint density at radius 2 is 1.65 bits per heavy atom. The van der Waals surface area contributed by atoms with Gasteiger partial charge in [-0.15, -0.1) is 0 Å². The number of anilines is 2. The van der Waals surface area contributed by atoms with Crippen LogP contribution in [0.3, 0.4) is 0 Å². The minimum absolute atomic E-state index is 0.250. The zero-order valence-corrected chi connectivity index (χ0v) is 15.8. The van der Waals surface area contributed by atoms with Crippen LogP contribution in [0.25, 0.3) is 0 Å². The van der Waals surface area contributed by atoms with Crippen molar-refractivity contribution in [3.63, 3.8) is 0 Å². The molecule has 1 atom stereocenters. The summed E-state index contributed by atoms with van der Waals surface area (Å²) < 4.78 is 0. The maximum atomic E-state index is 12.6. The van der Waals surface area contributed by atoms with Crippen LogP contribution in [0.2, 0.25) is 10.0 Å². The van der Waals surface area contributed by atoms with Crippen LogP contribution in [-0.2, 0) is 4.79 Å². The van der Waals surface area contributed by atoms with Crippen molar-refractivity contribution in [3.8, 4) is 0 Å². The Balaban J connectivity index is 1.67. The molecule has 7 heteroatoms. The fourth-order valence-corrected chi connectivity index (χ4v) is 3.49. The van der Waals surface area contributed by atoms with E-state index in [1.807, 2.05) is 31.2 Å². The molecule has 5 nitrogen and oxygen atoms in total. The largest absolute Gasteiger partial charge is 0.324 e. The summed E-state index contributed by atoms with van der Waals surface area (Å²) in [6, 6.07) is 11.6. The van der Waals surface area contributed by atoms with Gasteiger partial charge in [0.2, 0.25) is 5.91 Å². The number of nitrogens with one attached hydrogen (secondary N) is 2. The molecular formula is C19H19Cl2N3O2. The minimum atomic E-state index is -0.529. The second kappa shape index (κ2) is 7.98. The quantitative estimate of drug-likeness (QED) is 0.778. The number of hydrogen-bond acceptors (Lipinski definition) is 2. The monoisotopic (exact) mass is 391 g/mol. The Bertz CT molecular complexity index is 804. The maximum Gasteiger partial charge on any atom is 0.322 e. The lowest BCUT2D eigenvalue weighted by Crippen LogP contribution is -2.45. The van der Waals surface area contributed by atoms with Crippen LogP contribution in [-0.4, -0.2) is 29.4 Å². The first-order chi connectivity index (χ1) is 12.4. The van der Waals surface area contributed by atoms with Crippen molar-refractivity contribution in [2.75, 3.05) is 17.2 Å². The van der Waals surface area contributed by atoms with Crippen molar-refractivity contribution in [1.29, 1.82) is 0 Å². The third-order valence-corrected chi connectivity index (χ3v) is 4.69. The summed E-state index contributed by atoms with van der Waals surface area (Å²) in [6.07, 6.45) is 1.39. The van der Waals surface area contributed by atoms with Crippen LogP contribution in [0.4, 0.5) is 16.2 Å². The minimum Gasteiger partial charge on any atom is -0.324 e. The SMILES string of the molecule is Cc1ccc(NC(=O)N2CCC[C@H]2C(=O)Nc2cc(Cl)cc(Cl)c2)cc1. The number of amides is 3. The van der Waals surface area contributed by atoms with Gasteiger partial charge in [-0.1, -0.05) is 40.9 Å². The Hall–Kier alpha value is -2.24. The third kappa shape index (κ3) is 4.48. The summed E-state index contributed by atoms with van der Waals surface area (Å²) in [5.74, 6) is -0.250. The highest BCUT2D eigenvalue weighted by Crippen LogP contribution is 2.25. The predicted molar refractivity (Wildman–Crippen MR) is 105 cm³/mol. The van der Waals surface area contributed by atoms with Crippen molar-refractivity contribution in [1.82, 2.24) is 4.90 Å². The van der Waals surface area contributed by atoms with E-state index in [2.05, 4.69) is 10.6 Å². The number of benzene rings is 2. The highest BCUT2D eigenvalue weighted by atomic mass is 35.5. The molecule has 2 aromatic carbocycles. The molecule has 26 heavy (non-hydrogen) atoms. The molecule has 0 aliphatic carbocycles. The van der Waals surface area contributed by atoms with Gasteiger partial charge in [-0.2, -0.15) is 0 Å². The average Bonchev–Trinajstić information content (AvgIpc) is 3.06. The lowest BCUT2D eigenvalue weighted by Gasteiger charge is -2.24. The van der Waals surface area contributed by atoms with Gasteiger partial charge in [0.05, 0.1) is 0 Å². The summed E-state index contributed by atoms with van der Waals surface area (Å²) in [5.41, 5.74) is 2.33. The molecule has 1 heterocycles. The fourth-order valence-electron chi connectivity index (χ4n) is 2.97. The van der Waals surface area contributed by atoms with Crippen molar-refractivity contribution in [2.45, 2.75) is 25.8 Å². The molecule has 0 radical (unpaired) electrons. The number of rotatable bonds is 3. The number of nitrogens with zero attached hydrogens (tertiary/aromatic N) is 1. The number of likely N-dealkylation sites (tertiary alicyclic amines) is 1. The van der Waals surface area contributed by atoms with E-state index in [0.29, 0.717) is 34.4 Å². The molecule has 2 aromatic rings. The molecule has 1 saturated heterocycles. The van der Waals surface area contributed by atoms with Gasteiger partial charge in [-0.05, 0) is 50.1 Å². The van der Waals surface area contributed by atoms with Gasteiger partial charge < -0.3 is 15.5 Å². The smallest absolute Gasteiger partial charge is 0.322 e. The van der Waals surface area contributed by atoms with Crippen LogP contribution in [0.15, 0.2) is 42.5 Å². The highest BCUT2D eigenvalue weighted by molar-refractivity contribution is 6.35. The van der Waals surface area contributed by atoms with Gasteiger partial charge in [0.15, 0.2) is 0 Å². The molecule has 0 saturated carbocycles. The van der Waals surface area contributed by atoms with E-state index in [9.17, 15) is 9.59 Å². The average molecular weight is 392 g/mol. The number of carbonyl (C=O) groups is 2.